The second kappa shape index (κ2) is 4.80. The zero-order chi connectivity index (χ0) is 11.6. The summed E-state index contributed by atoms with van der Waals surface area (Å²) in [6.45, 7) is 5.20. The molecule has 0 radical (unpaired) electrons. The average Bonchev–Trinajstić information content (AvgIpc) is 2.96. The summed E-state index contributed by atoms with van der Waals surface area (Å²) in [7, 11) is -3.23. The molecule has 15 heavy (non-hydrogen) atoms. The SMILES string of the molecule is CC[C@H](CO)N(C1CC1)S(=O)(=O)C(C)C. The predicted octanol–water partition coefficient (Wildman–Crippen LogP) is 0.960. The second-order valence-corrected chi connectivity index (χ2v) is 6.79. The maximum Gasteiger partial charge on any atom is 0.217 e. The summed E-state index contributed by atoms with van der Waals surface area (Å²) in [5, 5.41) is 8.81. The number of aliphatic hydroxyl groups excluding tert-OH is 1. The van der Waals surface area contributed by atoms with E-state index in [9.17, 15) is 13.5 Å². The Kier molecular flexibility index (Phi) is 4.14. The number of nitrogens with zero attached hydrogens (tertiary/aromatic N) is 1. The second-order valence-electron chi connectivity index (χ2n) is 4.40. The molecule has 0 amide bonds. The molecule has 0 bridgehead atoms. The zero-order valence-electron chi connectivity index (χ0n) is 9.68. The number of rotatable bonds is 6. The van der Waals surface area contributed by atoms with Gasteiger partial charge < -0.3 is 5.11 Å². The molecule has 5 heteroatoms. The van der Waals surface area contributed by atoms with Gasteiger partial charge in [-0.05, 0) is 33.1 Å². The highest BCUT2D eigenvalue weighted by Gasteiger charge is 2.42. The molecule has 0 aromatic heterocycles. The van der Waals surface area contributed by atoms with Gasteiger partial charge in [0.1, 0.15) is 0 Å². The molecule has 0 aliphatic heterocycles. The average molecular weight is 235 g/mol. The lowest BCUT2D eigenvalue weighted by atomic mass is 10.2. The first-order valence-electron chi connectivity index (χ1n) is 5.58. The zero-order valence-corrected chi connectivity index (χ0v) is 10.5. The molecule has 1 atom stereocenters. The fraction of sp³-hybridized carbons (Fsp3) is 1.00. The van der Waals surface area contributed by atoms with Crippen molar-refractivity contribution in [2.45, 2.75) is 57.4 Å². The lowest BCUT2D eigenvalue weighted by Crippen LogP contribution is -2.46. The third-order valence-electron chi connectivity index (χ3n) is 2.84. The minimum Gasteiger partial charge on any atom is -0.395 e. The number of aliphatic hydroxyl groups is 1. The van der Waals surface area contributed by atoms with Crippen LogP contribution in [0.25, 0.3) is 0 Å². The van der Waals surface area contributed by atoms with Gasteiger partial charge in [-0.2, -0.15) is 4.31 Å². The molecule has 0 heterocycles. The van der Waals surface area contributed by atoms with Crippen molar-refractivity contribution in [2.75, 3.05) is 6.61 Å². The quantitative estimate of drug-likeness (QED) is 0.746. The minimum absolute atomic E-state index is 0.0844. The topological polar surface area (TPSA) is 57.6 Å². The van der Waals surface area contributed by atoms with Crippen LogP contribution in [0.15, 0.2) is 0 Å². The Balaban J connectivity index is 2.91. The molecule has 90 valence electrons. The summed E-state index contributed by atoms with van der Waals surface area (Å²) in [4.78, 5) is 0. The van der Waals surface area contributed by atoms with Crippen LogP contribution in [0.3, 0.4) is 0 Å². The summed E-state index contributed by atoms with van der Waals surface area (Å²) in [6, 6.07) is -0.112. The standard InChI is InChI=1S/C10H21NO3S/c1-4-9(7-12)11(10-5-6-10)15(13,14)8(2)3/h8-10,12H,4-7H2,1-3H3/t9-/m1/s1. The molecule has 1 aliphatic carbocycles. The van der Waals surface area contributed by atoms with Crippen molar-refractivity contribution in [3.8, 4) is 0 Å². The molecule has 0 spiro atoms. The van der Waals surface area contributed by atoms with Crippen molar-refractivity contribution in [3.63, 3.8) is 0 Å². The molecule has 0 aromatic rings. The van der Waals surface area contributed by atoms with Crippen molar-refractivity contribution < 1.29 is 13.5 Å². The molecule has 1 saturated carbocycles. The monoisotopic (exact) mass is 235 g/mol. The normalized spacial score (nSPS) is 19.9. The van der Waals surface area contributed by atoms with Crippen molar-refractivity contribution in [1.29, 1.82) is 0 Å². The Morgan fingerprint density at radius 1 is 1.40 bits per heavy atom. The molecular weight excluding hydrogens is 214 g/mol. The Morgan fingerprint density at radius 2 is 1.93 bits per heavy atom. The first kappa shape index (κ1) is 12.9. The largest absolute Gasteiger partial charge is 0.395 e. The molecule has 1 fully saturated rings. The fourth-order valence-electron chi connectivity index (χ4n) is 1.68. The van der Waals surface area contributed by atoms with Crippen LogP contribution in [0.4, 0.5) is 0 Å². The van der Waals surface area contributed by atoms with Crippen LogP contribution in [0.1, 0.15) is 40.0 Å². The van der Waals surface area contributed by atoms with Crippen molar-refractivity contribution >= 4 is 10.0 Å². The molecule has 0 unspecified atom stereocenters. The molecule has 0 saturated heterocycles. The van der Waals surface area contributed by atoms with Crippen LogP contribution in [-0.2, 0) is 10.0 Å². The summed E-state index contributed by atoms with van der Waals surface area (Å²) >= 11 is 0. The molecule has 1 rings (SSSR count). The van der Waals surface area contributed by atoms with Crippen LogP contribution in [0.2, 0.25) is 0 Å². The fourth-order valence-corrected chi connectivity index (χ4v) is 3.42. The van der Waals surface area contributed by atoms with Crippen LogP contribution in [0, 0.1) is 0 Å². The smallest absolute Gasteiger partial charge is 0.217 e. The number of hydrogen-bond acceptors (Lipinski definition) is 3. The van der Waals surface area contributed by atoms with E-state index in [4.69, 9.17) is 0 Å². The summed E-state index contributed by atoms with van der Waals surface area (Å²) in [5.41, 5.74) is 0. The highest BCUT2D eigenvalue weighted by molar-refractivity contribution is 7.89. The molecule has 1 N–H and O–H groups in total. The van der Waals surface area contributed by atoms with E-state index in [-0.39, 0.29) is 18.7 Å². The first-order valence-corrected chi connectivity index (χ1v) is 7.08. The summed E-state index contributed by atoms with van der Waals surface area (Å²) in [5.74, 6) is 0. The van der Waals surface area contributed by atoms with E-state index in [1.165, 1.54) is 4.31 Å². The van der Waals surface area contributed by atoms with Gasteiger partial charge in [-0.3, -0.25) is 0 Å². The Labute approximate surface area is 92.3 Å². The van der Waals surface area contributed by atoms with Gasteiger partial charge >= 0.3 is 0 Å². The van der Waals surface area contributed by atoms with Gasteiger partial charge in [-0.25, -0.2) is 8.42 Å². The Hall–Kier alpha value is -0.130. The molecule has 0 aromatic carbocycles. The van der Waals surface area contributed by atoms with Gasteiger partial charge in [-0.15, -0.1) is 0 Å². The lowest BCUT2D eigenvalue weighted by Gasteiger charge is -2.30. The van der Waals surface area contributed by atoms with E-state index in [1.54, 1.807) is 13.8 Å². The van der Waals surface area contributed by atoms with Crippen LogP contribution < -0.4 is 0 Å². The van der Waals surface area contributed by atoms with Crippen LogP contribution in [0.5, 0.6) is 0 Å². The van der Waals surface area contributed by atoms with E-state index in [2.05, 4.69) is 0 Å². The molecule has 4 nitrogen and oxygen atoms in total. The molecular formula is C10H21NO3S. The van der Waals surface area contributed by atoms with E-state index in [0.29, 0.717) is 6.42 Å². The van der Waals surface area contributed by atoms with E-state index in [1.807, 2.05) is 6.92 Å². The van der Waals surface area contributed by atoms with Crippen molar-refractivity contribution in [1.82, 2.24) is 4.31 Å². The Morgan fingerprint density at radius 3 is 2.20 bits per heavy atom. The predicted molar refractivity (Wildman–Crippen MR) is 60.1 cm³/mol. The molecule has 1 aliphatic rings. The van der Waals surface area contributed by atoms with E-state index in [0.717, 1.165) is 12.8 Å². The van der Waals surface area contributed by atoms with Gasteiger partial charge in [0.15, 0.2) is 0 Å². The Bertz CT molecular complexity index is 292. The maximum atomic E-state index is 12.1. The van der Waals surface area contributed by atoms with Crippen LogP contribution in [-0.4, -0.2) is 41.8 Å². The first-order chi connectivity index (χ1) is 6.95. The van der Waals surface area contributed by atoms with Gasteiger partial charge in [0, 0.05) is 12.1 Å². The number of sulfonamides is 1. The maximum absolute atomic E-state index is 12.1. The third-order valence-corrected chi connectivity index (χ3v) is 5.21. The van der Waals surface area contributed by atoms with Gasteiger partial charge in [0.25, 0.3) is 0 Å². The van der Waals surface area contributed by atoms with Gasteiger partial charge in [-0.1, -0.05) is 6.92 Å². The highest BCUT2D eigenvalue weighted by atomic mass is 32.2. The van der Waals surface area contributed by atoms with Gasteiger partial charge in [0.2, 0.25) is 10.0 Å². The van der Waals surface area contributed by atoms with E-state index < -0.39 is 15.3 Å². The van der Waals surface area contributed by atoms with Crippen molar-refractivity contribution in [2.24, 2.45) is 0 Å². The van der Waals surface area contributed by atoms with Crippen LogP contribution >= 0.6 is 0 Å². The third kappa shape index (κ3) is 2.71. The highest BCUT2D eigenvalue weighted by Crippen LogP contribution is 2.33. The summed E-state index contributed by atoms with van der Waals surface area (Å²) in [6.07, 6.45) is 2.53. The van der Waals surface area contributed by atoms with E-state index >= 15 is 0 Å². The van der Waals surface area contributed by atoms with Gasteiger partial charge in [0.05, 0.1) is 11.9 Å². The lowest BCUT2D eigenvalue weighted by molar-refractivity contribution is 0.178. The minimum atomic E-state index is -3.23. The van der Waals surface area contributed by atoms with Crippen molar-refractivity contribution in [3.05, 3.63) is 0 Å². The summed E-state index contributed by atoms with van der Waals surface area (Å²) < 4.78 is 25.7. The number of hydrogen-bond donors (Lipinski definition) is 1.